The van der Waals surface area contributed by atoms with Crippen molar-refractivity contribution in [3.63, 3.8) is 0 Å². The molecule has 1 fully saturated rings. The summed E-state index contributed by atoms with van der Waals surface area (Å²) in [5, 5.41) is 4.35. The molecule has 2 aromatic carbocycles. The molecule has 0 aliphatic carbocycles. The molecular weight excluding hydrogens is 451 g/mol. The first-order chi connectivity index (χ1) is 15.0. The predicted octanol–water partition coefficient (Wildman–Crippen LogP) is 7.49. The number of nitrogens with one attached hydrogen (secondary N) is 1. The lowest BCUT2D eigenvalue weighted by Gasteiger charge is -2.02. The zero-order chi connectivity index (χ0) is 21.8. The highest BCUT2D eigenvalue weighted by Crippen LogP contribution is 2.36. The van der Waals surface area contributed by atoms with Crippen LogP contribution in [-0.4, -0.2) is 11.1 Å². The van der Waals surface area contributed by atoms with Crippen LogP contribution in [0.15, 0.2) is 68.9 Å². The molecule has 1 aliphatic heterocycles. The number of hydrogen-bond donors (Lipinski definition) is 1. The second kappa shape index (κ2) is 9.77. The normalized spacial score (nSPS) is 16.3. The number of furan rings is 1. The minimum absolute atomic E-state index is 0.211. The van der Waals surface area contributed by atoms with Crippen LogP contribution in [0.5, 0.6) is 0 Å². The van der Waals surface area contributed by atoms with Crippen molar-refractivity contribution in [1.29, 1.82) is 0 Å². The third-order valence-electron chi connectivity index (χ3n) is 4.75. The van der Waals surface area contributed by atoms with Gasteiger partial charge in [0.25, 0.3) is 5.91 Å². The Morgan fingerprint density at radius 1 is 1.06 bits per heavy atom. The predicted molar refractivity (Wildman–Crippen MR) is 130 cm³/mol. The van der Waals surface area contributed by atoms with E-state index in [1.807, 2.05) is 12.1 Å². The maximum Gasteiger partial charge on any atom is 0.264 e. The standard InChI is InChI=1S/C24H20Cl2N2O2S/c1-2-3-5-15-8-10-16(11-9-15)27-24-28-23(29)21(31-24)14-17-12-13-20(30-17)22-18(25)6-4-7-19(22)26/h4,6-14H,2-3,5H2,1H3,(H,27,28,29)/b21-14+. The second-order valence-corrected chi connectivity index (χ2v) is 8.90. The number of amidine groups is 1. The Labute approximate surface area is 195 Å². The molecule has 3 aromatic rings. The molecule has 4 rings (SSSR count). The van der Waals surface area contributed by atoms with E-state index in [0.29, 0.717) is 37.2 Å². The SMILES string of the molecule is CCCCc1ccc(N=C2NC(=O)/C(=C\c3ccc(-c4c(Cl)cccc4Cl)o3)S2)cc1. The molecule has 0 unspecified atom stereocenters. The fourth-order valence-corrected chi connectivity index (χ4v) is 4.55. The monoisotopic (exact) mass is 470 g/mol. The van der Waals surface area contributed by atoms with Crippen LogP contribution in [0.2, 0.25) is 10.0 Å². The highest BCUT2D eigenvalue weighted by Gasteiger charge is 2.24. The van der Waals surface area contributed by atoms with Crippen LogP contribution in [0.3, 0.4) is 0 Å². The number of aliphatic imine (C=N–C) groups is 1. The molecule has 1 saturated heterocycles. The van der Waals surface area contributed by atoms with Crippen molar-refractivity contribution in [2.75, 3.05) is 0 Å². The summed E-state index contributed by atoms with van der Waals surface area (Å²) in [6.45, 7) is 2.18. The Bertz CT molecular complexity index is 1150. The van der Waals surface area contributed by atoms with Crippen molar-refractivity contribution < 1.29 is 9.21 Å². The molecule has 31 heavy (non-hydrogen) atoms. The van der Waals surface area contributed by atoms with Gasteiger partial charge in [0.2, 0.25) is 0 Å². The first-order valence-corrected chi connectivity index (χ1v) is 11.5. The molecule has 7 heteroatoms. The fraction of sp³-hybridized carbons (Fsp3) is 0.167. The summed E-state index contributed by atoms with van der Waals surface area (Å²) < 4.78 is 5.86. The number of aryl methyl sites for hydroxylation is 1. The summed E-state index contributed by atoms with van der Waals surface area (Å²) in [6.07, 6.45) is 5.09. The van der Waals surface area contributed by atoms with E-state index in [1.165, 1.54) is 30.2 Å². The first-order valence-electron chi connectivity index (χ1n) is 9.96. The lowest BCUT2D eigenvalue weighted by atomic mass is 10.1. The minimum atomic E-state index is -0.211. The largest absolute Gasteiger partial charge is 0.457 e. The summed E-state index contributed by atoms with van der Waals surface area (Å²) in [5.74, 6) is 0.866. The van der Waals surface area contributed by atoms with Gasteiger partial charge in [-0.3, -0.25) is 4.79 Å². The van der Waals surface area contributed by atoms with Gasteiger partial charge < -0.3 is 9.73 Å². The zero-order valence-corrected chi connectivity index (χ0v) is 19.2. The van der Waals surface area contributed by atoms with E-state index >= 15 is 0 Å². The molecule has 0 radical (unpaired) electrons. The molecule has 0 bridgehead atoms. The maximum absolute atomic E-state index is 12.4. The summed E-state index contributed by atoms with van der Waals surface area (Å²) in [4.78, 5) is 17.4. The van der Waals surface area contributed by atoms with E-state index in [1.54, 1.807) is 36.4 Å². The Morgan fingerprint density at radius 3 is 2.52 bits per heavy atom. The van der Waals surface area contributed by atoms with Crippen molar-refractivity contribution in [3.8, 4) is 11.3 Å². The summed E-state index contributed by atoms with van der Waals surface area (Å²) in [7, 11) is 0. The van der Waals surface area contributed by atoms with Crippen LogP contribution in [-0.2, 0) is 11.2 Å². The van der Waals surface area contributed by atoms with Crippen LogP contribution in [0.1, 0.15) is 31.1 Å². The highest BCUT2D eigenvalue weighted by molar-refractivity contribution is 8.18. The number of rotatable bonds is 6. The first kappa shape index (κ1) is 21.8. The Balaban J connectivity index is 1.50. The van der Waals surface area contributed by atoms with Gasteiger partial charge in [0, 0.05) is 6.08 Å². The summed E-state index contributed by atoms with van der Waals surface area (Å²) >= 11 is 13.8. The molecule has 0 atom stereocenters. The molecule has 1 N–H and O–H groups in total. The number of hydrogen-bond acceptors (Lipinski definition) is 4. The third-order valence-corrected chi connectivity index (χ3v) is 6.29. The summed E-state index contributed by atoms with van der Waals surface area (Å²) in [5.41, 5.74) is 2.73. The quantitative estimate of drug-likeness (QED) is 0.379. The number of thioether (sulfide) groups is 1. The average molecular weight is 471 g/mol. The Kier molecular flexibility index (Phi) is 6.86. The molecule has 2 heterocycles. The van der Waals surface area contributed by atoms with Gasteiger partial charge in [-0.1, -0.05) is 54.7 Å². The van der Waals surface area contributed by atoms with Crippen molar-refractivity contribution in [2.24, 2.45) is 4.99 Å². The van der Waals surface area contributed by atoms with Crippen molar-refractivity contribution in [3.05, 3.63) is 80.9 Å². The number of unbranched alkanes of at least 4 members (excludes halogenated alkanes) is 1. The van der Waals surface area contributed by atoms with Crippen LogP contribution in [0.25, 0.3) is 17.4 Å². The van der Waals surface area contributed by atoms with Gasteiger partial charge in [-0.25, -0.2) is 4.99 Å². The minimum Gasteiger partial charge on any atom is -0.457 e. The number of amides is 1. The smallest absolute Gasteiger partial charge is 0.264 e. The molecule has 1 aliphatic rings. The molecule has 4 nitrogen and oxygen atoms in total. The Hall–Kier alpha value is -2.47. The topological polar surface area (TPSA) is 54.6 Å². The highest BCUT2D eigenvalue weighted by atomic mass is 35.5. The van der Waals surface area contributed by atoms with Gasteiger partial charge in [-0.2, -0.15) is 0 Å². The van der Waals surface area contributed by atoms with Crippen LogP contribution < -0.4 is 5.32 Å². The van der Waals surface area contributed by atoms with Crippen molar-refractivity contribution in [2.45, 2.75) is 26.2 Å². The van der Waals surface area contributed by atoms with Gasteiger partial charge in [0.1, 0.15) is 11.5 Å². The van der Waals surface area contributed by atoms with Crippen LogP contribution >= 0.6 is 35.0 Å². The number of carbonyl (C=O) groups excluding carboxylic acids is 1. The lowest BCUT2D eigenvalue weighted by Crippen LogP contribution is -2.19. The number of halogens is 2. The lowest BCUT2D eigenvalue weighted by molar-refractivity contribution is -0.115. The molecule has 0 spiro atoms. The number of carbonyl (C=O) groups is 1. The van der Waals surface area contributed by atoms with E-state index in [4.69, 9.17) is 27.6 Å². The Morgan fingerprint density at radius 2 is 1.81 bits per heavy atom. The van der Waals surface area contributed by atoms with Gasteiger partial charge in [-0.05, 0) is 66.6 Å². The number of benzene rings is 2. The van der Waals surface area contributed by atoms with Gasteiger partial charge in [0.05, 0.1) is 26.2 Å². The summed E-state index contributed by atoms with van der Waals surface area (Å²) in [6, 6.07) is 16.9. The molecule has 1 amide bonds. The average Bonchev–Trinajstić information content (AvgIpc) is 3.34. The van der Waals surface area contributed by atoms with Crippen LogP contribution in [0.4, 0.5) is 5.69 Å². The molecular formula is C24H20Cl2N2O2S. The van der Waals surface area contributed by atoms with Crippen molar-refractivity contribution in [1.82, 2.24) is 5.32 Å². The van der Waals surface area contributed by atoms with Crippen molar-refractivity contribution >= 4 is 57.8 Å². The van der Waals surface area contributed by atoms with Gasteiger partial charge in [-0.15, -0.1) is 0 Å². The van der Waals surface area contributed by atoms with Gasteiger partial charge >= 0.3 is 0 Å². The third kappa shape index (κ3) is 5.24. The molecule has 158 valence electrons. The van der Waals surface area contributed by atoms with E-state index < -0.39 is 0 Å². The second-order valence-electron chi connectivity index (χ2n) is 7.05. The van der Waals surface area contributed by atoms with Crippen LogP contribution in [0, 0.1) is 0 Å². The van der Waals surface area contributed by atoms with E-state index in [0.717, 1.165) is 12.1 Å². The molecule has 0 saturated carbocycles. The molecule has 1 aromatic heterocycles. The van der Waals surface area contributed by atoms with E-state index in [9.17, 15) is 4.79 Å². The maximum atomic E-state index is 12.4. The fourth-order valence-electron chi connectivity index (χ4n) is 3.14. The van der Waals surface area contributed by atoms with Gasteiger partial charge in [0.15, 0.2) is 5.17 Å². The zero-order valence-electron chi connectivity index (χ0n) is 16.8. The van der Waals surface area contributed by atoms with E-state index in [2.05, 4.69) is 29.4 Å². The van der Waals surface area contributed by atoms with E-state index in [-0.39, 0.29) is 5.91 Å². The number of nitrogens with zero attached hydrogens (tertiary/aromatic N) is 1.